The first-order valence-corrected chi connectivity index (χ1v) is 8.18. The molecule has 0 amide bonds. The summed E-state index contributed by atoms with van der Waals surface area (Å²) in [5.41, 5.74) is 0.225. The summed E-state index contributed by atoms with van der Waals surface area (Å²) < 4.78 is 5.28. The number of non-ortho nitro benzene ring substituents is 1. The Balaban J connectivity index is 1.91. The number of hydrogen-bond donors (Lipinski definition) is 0. The van der Waals surface area contributed by atoms with Gasteiger partial charge in [0, 0.05) is 17.2 Å². The first-order chi connectivity index (χ1) is 11.5. The minimum Gasteiger partial charge on any atom is -0.462 e. The van der Waals surface area contributed by atoms with Gasteiger partial charge < -0.3 is 4.74 Å². The summed E-state index contributed by atoms with van der Waals surface area (Å²) >= 11 is 5.94. The van der Waals surface area contributed by atoms with Crippen molar-refractivity contribution in [3.63, 3.8) is 0 Å². The zero-order valence-corrected chi connectivity index (χ0v) is 13.8. The summed E-state index contributed by atoms with van der Waals surface area (Å²) in [7, 11) is 0. The Morgan fingerprint density at radius 2 is 2.00 bits per heavy atom. The molecular formula is C17H18ClNO5. The number of carbonyl (C=O) groups excluding carboxylic acids is 2. The third-order valence-corrected chi connectivity index (χ3v) is 4.15. The minimum atomic E-state index is -0.545. The fourth-order valence-corrected chi connectivity index (χ4v) is 2.75. The molecule has 1 aliphatic rings. The fraction of sp³-hybridized carbons (Fsp3) is 0.412. The van der Waals surface area contributed by atoms with Crippen LogP contribution < -0.4 is 0 Å². The molecule has 0 spiro atoms. The predicted octanol–water partition coefficient (Wildman–Crippen LogP) is 4.10. The average molecular weight is 352 g/mol. The molecule has 1 aromatic carbocycles. The van der Waals surface area contributed by atoms with Crippen LogP contribution in [-0.2, 0) is 14.3 Å². The Hall–Kier alpha value is -2.21. The molecule has 6 nitrogen and oxygen atoms in total. The molecule has 0 aromatic heterocycles. The van der Waals surface area contributed by atoms with E-state index in [1.807, 2.05) is 0 Å². The minimum absolute atomic E-state index is 0.0887. The zero-order valence-electron chi connectivity index (χ0n) is 13.1. The highest BCUT2D eigenvalue weighted by Crippen LogP contribution is 2.23. The van der Waals surface area contributed by atoms with Crippen LogP contribution in [0.3, 0.4) is 0 Å². The SMILES string of the molecule is O=C(C=Cc1cc([N+](=O)[O-])ccc1Cl)CC(=O)OC1CCCCC1. The van der Waals surface area contributed by atoms with Gasteiger partial charge in [0.2, 0.25) is 0 Å². The summed E-state index contributed by atoms with van der Waals surface area (Å²) in [4.78, 5) is 33.8. The number of ketones is 1. The normalized spacial score (nSPS) is 15.4. The first kappa shape index (κ1) is 18.1. The van der Waals surface area contributed by atoms with Gasteiger partial charge in [-0.1, -0.05) is 18.0 Å². The molecule has 24 heavy (non-hydrogen) atoms. The average Bonchev–Trinajstić information content (AvgIpc) is 2.54. The van der Waals surface area contributed by atoms with Gasteiger partial charge in [0.05, 0.1) is 4.92 Å². The zero-order chi connectivity index (χ0) is 17.5. The van der Waals surface area contributed by atoms with E-state index in [1.165, 1.54) is 30.4 Å². The van der Waals surface area contributed by atoms with E-state index < -0.39 is 16.7 Å². The van der Waals surface area contributed by atoms with E-state index >= 15 is 0 Å². The Labute approximate surface area is 144 Å². The number of nitro groups is 1. The molecular weight excluding hydrogens is 334 g/mol. The third-order valence-electron chi connectivity index (χ3n) is 3.81. The van der Waals surface area contributed by atoms with Gasteiger partial charge in [-0.25, -0.2) is 0 Å². The van der Waals surface area contributed by atoms with Crippen molar-refractivity contribution >= 4 is 35.1 Å². The van der Waals surface area contributed by atoms with E-state index in [9.17, 15) is 19.7 Å². The van der Waals surface area contributed by atoms with Crippen LogP contribution in [0.5, 0.6) is 0 Å². The number of esters is 1. The van der Waals surface area contributed by atoms with Crippen LogP contribution in [0.15, 0.2) is 24.3 Å². The second kappa shape index (κ2) is 8.59. The second-order valence-corrected chi connectivity index (χ2v) is 6.10. The van der Waals surface area contributed by atoms with Crippen molar-refractivity contribution < 1.29 is 19.2 Å². The maximum atomic E-state index is 11.8. The summed E-state index contributed by atoms with van der Waals surface area (Å²) in [6.45, 7) is 0. The Morgan fingerprint density at radius 1 is 1.29 bits per heavy atom. The second-order valence-electron chi connectivity index (χ2n) is 5.69. The Kier molecular flexibility index (Phi) is 6.49. The van der Waals surface area contributed by atoms with E-state index in [2.05, 4.69) is 0 Å². The fourth-order valence-electron chi connectivity index (χ4n) is 2.57. The van der Waals surface area contributed by atoms with Crippen molar-refractivity contribution in [2.45, 2.75) is 44.6 Å². The topological polar surface area (TPSA) is 86.5 Å². The maximum absolute atomic E-state index is 11.8. The van der Waals surface area contributed by atoms with Gasteiger partial charge >= 0.3 is 5.97 Å². The number of benzene rings is 1. The number of hydrogen-bond acceptors (Lipinski definition) is 5. The molecule has 0 saturated heterocycles. The molecule has 0 heterocycles. The largest absolute Gasteiger partial charge is 0.462 e. The molecule has 128 valence electrons. The van der Waals surface area contributed by atoms with Crippen molar-refractivity contribution in [2.24, 2.45) is 0 Å². The van der Waals surface area contributed by atoms with E-state index in [0.29, 0.717) is 5.56 Å². The van der Waals surface area contributed by atoms with Crippen LogP contribution in [0.2, 0.25) is 5.02 Å². The summed E-state index contributed by atoms with van der Waals surface area (Å²) in [6.07, 6.45) is 7.04. The molecule has 0 aliphatic heterocycles. The molecule has 0 radical (unpaired) electrons. The number of ether oxygens (including phenoxy) is 1. The van der Waals surface area contributed by atoms with Crippen molar-refractivity contribution in [3.8, 4) is 0 Å². The van der Waals surface area contributed by atoms with Crippen LogP contribution in [0.4, 0.5) is 5.69 Å². The van der Waals surface area contributed by atoms with Crippen LogP contribution in [-0.4, -0.2) is 22.8 Å². The molecule has 7 heteroatoms. The Bertz CT molecular complexity index is 665. The van der Waals surface area contributed by atoms with Crippen molar-refractivity contribution in [1.29, 1.82) is 0 Å². The van der Waals surface area contributed by atoms with E-state index in [0.717, 1.165) is 32.1 Å². The highest BCUT2D eigenvalue weighted by Gasteiger charge is 2.18. The summed E-state index contributed by atoms with van der Waals surface area (Å²) in [6, 6.07) is 3.94. The van der Waals surface area contributed by atoms with E-state index in [1.54, 1.807) is 0 Å². The molecule has 0 unspecified atom stereocenters. The molecule has 2 rings (SSSR count). The molecule has 1 fully saturated rings. The van der Waals surface area contributed by atoms with Crippen LogP contribution in [0, 0.1) is 10.1 Å². The van der Waals surface area contributed by atoms with Crippen LogP contribution >= 0.6 is 11.6 Å². The maximum Gasteiger partial charge on any atom is 0.313 e. The van der Waals surface area contributed by atoms with Crippen molar-refractivity contribution in [3.05, 3.63) is 45.0 Å². The Morgan fingerprint density at radius 3 is 2.67 bits per heavy atom. The molecule has 0 bridgehead atoms. The number of carbonyl (C=O) groups is 2. The van der Waals surface area contributed by atoms with Gasteiger partial charge in [-0.3, -0.25) is 19.7 Å². The lowest BCUT2D eigenvalue weighted by Crippen LogP contribution is -2.22. The lowest BCUT2D eigenvalue weighted by molar-refractivity contribution is -0.384. The van der Waals surface area contributed by atoms with Gasteiger partial charge in [-0.2, -0.15) is 0 Å². The first-order valence-electron chi connectivity index (χ1n) is 7.80. The van der Waals surface area contributed by atoms with Gasteiger partial charge in [-0.15, -0.1) is 0 Å². The highest BCUT2D eigenvalue weighted by molar-refractivity contribution is 6.32. The van der Waals surface area contributed by atoms with Crippen LogP contribution in [0.1, 0.15) is 44.1 Å². The number of halogens is 1. The lowest BCUT2D eigenvalue weighted by Gasteiger charge is -2.21. The van der Waals surface area contributed by atoms with Crippen LogP contribution in [0.25, 0.3) is 6.08 Å². The number of nitro benzene ring substituents is 1. The molecule has 1 aliphatic carbocycles. The number of nitrogens with zero attached hydrogens (tertiary/aromatic N) is 1. The molecule has 0 N–H and O–H groups in total. The molecule has 1 aromatic rings. The number of allylic oxidation sites excluding steroid dienone is 1. The van der Waals surface area contributed by atoms with E-state index in [-0.39, 0.29) is 23.2 Å². The highest BCUT2D eigenvalue weighted by atomic mass is 35.5. The monoisotopic (exact) mass is 351 g/mol. The van der Waals surface area contributed by atoms with Gasteiger partial charge in [0.25, 0.3) is 5.69 Å². The number of rotatable bonds is 6. The quantitative estimate of drug-likeness (QED) is 0.253. The smallest absolute Gasteiger partial charge is 0.313 e. The molecule has 0 atom stereocenters. The van der Waals surface area contributed by atoms with E-state index in [4.69, 9.17) is 16.3 Å². The standard InChI is InChI=1S/C17H18ClNO5/c18-16-9-7-13(19(22)23)10-12(16)6-8-14(20)11-17(21)24-15-4-2-1-3-5-15/h6-10,15H,1-5,11H2. The van der Waals surface area contributed by atoms with Gasteiger partial charge in [-0.05, 0) is 49.5 Å². The molecule has 1 saturated carbocycles. The summed E-state index contributed by atoms with van der Waals surface area (Å²) in [5, 5.41) is 11.0. The van der Waals surface area contributed by atoms with Gasteiger partial charge in [0.1, 0.15) is 12.5 Å². The predicted molar refractivity (Wildman–Crippen MR) is 89.7 cm³/mol. The van der Waals surface area contributed by atoms with Crippen molar-refractivity contribution in [1.82, 2.24) is 0 Å². The lowest BCUT2D eigenvalue weighted by atomic mass is 9.98. The van der Waals surface area contributed by atoms with Gasteiger partial charge in [0.15, 0.2) is 5.78 Å². The third kappa shape index (κ3) is 5.45. The van der Waals surface area contributed by atoms with Crippen molar-refractivity contribution in [2.75, 3.05) is 0 Å². The summed E-state index contributed by atoms with van der Waals surface area (Å²) in [5.74, 6) is -0.972.